The van der Waals surface area contributed by atoms with E-state index in [2.05, 4.69) is 4.98 Å². The average Bonchev–Trinajstić information content (AvgIpc) is 2.72. The fraction of sp³-hybridized carbons (Fsp3) is 0.182. The summed E-state index contributed by atoms with van der Waals surface area (Å²) in [5.74, 6) is 1.50. The number of rotatable bonds is 3. The highest BCUT2D eigenvalue weighted by Gasteiger charge is 2.01. The van der Waals surface area contributed by atoms with Crippen molar-refractivity contribution in [1.29, 1.82) is 0 Å². The first-order valence-corrected chi connectivity index (χ1v) is 4.53. The van der Waals surface area contributed by atoms with Crippen molar-refractivity contribution >= 4 is 0 Å². The van der Waals surface area contributed by atoms with Crippen LogP contribution >= 0.6 is 0 Å². The van der Waals surface area contributed by atoms with Gasteiger partial charge in [0.05, 0.1) is 12.8 Å². The largest absolute Gasteiger partial charge is 0.494 e. The molecule has 1 heterocycles. The Hall–Kier alpha value is -1.77. The van der Waals surface area contributed by atoms with E-state index >= 15 is 0 Å². The van der Waals surface area contributed by atoms with Crippen molar-refractivity contribution in [3.8, 4) is 17.2 Å². The van der Waals surface area contributed by atoms with Gasteiger partial charge < -0.3 is 9.15 Å². The van der Waals surface area contributed by atoms with Crippen molar-refractivity contribution in [2.45, 2.75) is 6.92 Å². The van der Waals surface area contributed by atoms with Crippen LogP contribution in [0, 0.1) is 0 Å². The maximum Gasteiger partial charge on any atom is 0.225 e. The normalized spacial score (nSPS) is 10.1. The van der Waals surface area contributed by atoms with Gasteiger partial charge >= 0.3 is 0 Å². The molecule has 0 atom stereocenters. The Bertz CT molecular complexity index is 378. The van der Waals surface area contributed by atoms with Gasteiger partial charge in [-0.15, -0.1) is 0 Å². The summed E-state index contributed by atoms with van der Waals surface area (Å²) >= 11 is 0. The van der Waals surface area contributed by atoms with Gasteiger partial charge in [0.15, 0.2) is 0 Å². The molecule has 0 amide bonds. The lowest BCUT2D eigenvalue weighted by Gasteiger charge is -2.02. The first-order chi connectivity index (χ1) is 6.90. The molecule has 3 nitrogen and oxygen atoms in total. The lowest BCUT2D eigenvalue weighted by Crippen LogP contribution is -1.90. The minimum absolute atomic E-state index is 0.632. The van der Waals surface area contributed by atoms with Crippen molar-refractivity contribution in [2.24, 2.45) is 0 Å². The fourth-order valence-corrected chi connectivity index (χ4v) is 1.23. The van der Waals surface area contributed by atoms with Gasteiger partial charge in [-0.2, -0.15) is 0 Å². The van der Waals surface area contributed by atoms with Crippen LogP contribution in [-0.4, -0.2) is 11.6 Å². The molecule has 0 unspecified atom stereocenters. The third-order valence-corrected chi connectivity index (χ3v) is 1.84. The van der Waals surface area contributed by atoms with Crippen LogP contribution in [0.2, 0.25) is 0 Å². The molecule has 0 spiro atoms. The average molecular weight is 189 g/mol. The lowest BCUT2D eigenvalue weighted by atomic mass is 10.2. The van der Waals surface area contributed by atoms with Crippen LogP contribution in [0.5, 0.6) is 5.75 Å². The van der Waals surface area contributed by atoms with Crippen LogP contribution in [-0.2, 0) is 0 Å². The van der Waals surface area contributed by atoms with E-state index in [1.54, 1.807) is 12.5 Å². The molecule has 14 heavy (non-hydrogen) atoms. The number of ether oxygens (including phenoxy) is 1. The van der Waals surface area contributed by atoms with Crippen molar-refractivity contribution in [1.82, 2.24) is 4.98 Å². The van der Waals surface area contributed by atoms with Crippen LogP contribution in [0.15, 0.2) is 41.1 Å². The van der Waals surface area contributed by atoms with Gasteiger partial charge in [-0.1, -0.05) is 0 Å². The van der Waals surface area contributed by atoms with Crippen LogP contribution in [0.3, 0.4) is 0 Å². The molecule has 1 aromatic carbocycles. The highest BCUT2D eigenvalue weighted by Crippen LogP contribution is 2.20. The molecule has 0 N–H and O–H groups in total. The Morgan fingerprint density at radius 1 is 1.29 bits per heavy atom. The third kappa shape index (κ3) is 1.76. The number of aromatic nitrogens is 1. The zero-order valence-electron chi connectivity index (χ0n) is 7.93. The zero-order valence-corrected chi connectivity index (χ0v) is 7.93. The summed E-state index contributed by atoms with van der Waals surface area (Å²) in [5, 5.41) is 0. The lowest BCUT2D eigenvalue weighted by molar-refractivity contribution is 0.340. The number of nitrogens with zero attached hydrogens (tertiary/aromatic N) is 1. The molecule has 0 radical (unpaired) electrons. The molecule has 0 fully saturated rings. The summed E-state index contributed by atoms with van der Waals surface area (Å²) in [6.07, 6.45) is 3.19. The molecule has 0 bridgehead atoms. The highest BCUT2D eigenvalue weighted by molar-refractivity contribution is 5.54. The maximum absolute atomic E-state index is 5.33. The van der Waals surface area contributed by atoms with Gasteiger partial charge in [0.25, 0.3) is 0 Å². The van der Waals surface area contributed by atoms with Crippen LogP contribution < -0.4 is 4.74 Å². The fourth-order valence-electron chi connectivity index (χ4n) is 1.23. The summed E-state index contributed by atoms with van der Waals surface area (Å²) in [5.41, 5.74) is 0.957. The van der Waals surface area contributed by atoms with E-state index in [0.717, 1.165) is 11.3 Å². The zero-order chi connectivity index (χ0) is 9.80. The van der Waals surface area contributed by atoms with E-state index < -0.39 is 0 Å². The van der Waals surface area contributed by atoms with E-state index in [0.29, 0.717) is 12.5 Å². The van der Waals surface area contributed by atoms with E-state index in [9.17, 15) is 0 Å². The Kier molecular flexibility index (Phi) is 2.49. The smallest absolute Gasteiger partial charge is 0.225 e. The highest BCUT2D eigenvalue weighted by atomic mass is 16.5. The van der Waals surface area contributed by atoms with Gasteiger partial charge in [0, 0.05) is 5.56 Å². The van der Waals surface area contributed by atoms with Gasteiger partial charge in [-0.3, -0.25) is 0 Å². The van der Waals surface area contributed by atoms with Crippen molar-refractivity contribution in [3.05, 3.63) is 36.7 Å². The Morgan fingerprint density at radius 3 is 2.64 bits per heavy atom. The van der Waals surface area contributed by atoms with E-state index in [-0.39, 0.29) is 0 Å². The molecule has 2 aromatic rings. The summed E-state index contributed by atoms with van der Waals surface area (Å²) in [6, 6.07) is 7.67. The number of benzene rings is 1. The topological polar surface area (TPSA) is 35.3 Å². The van der Waals surface area contributed by atoms with Crippen molar-refractivity contribution in [3.63, 3.8) is 0 Å². The maximum atomic E-state index is 5.33. The predicted octanol–water partition coefficient (Wildman–Crippen LogP) is 2.74. The molecule has 3 heteroatoms. The van der Waals surface area contributed by atoms with Gasteiger partial charge in [0.1, 0.15) is 12.0 Å². The molecule has 0 saturated carbocycles. The predicted molar refractivity (Wildman–Crippen MR) is 53.1 cm³/mol. The third-order valence-electron chi connectivity index (χ3n) is 1.84. The second-order valence-electron chi connectivity index (χ2n) is 2.79. The Morgan fingerprint density at radius 2 is 2.07 bits per heavy atom. The second kappa shape index (κ2) is 3.96. The number of hydrogen-bond acceptors (Lipinski definition) is 3. The monoisotopic (exact) mass is 189 g/mol. The standard InChI is InChI=1S/C11H11NO2/c1-2-13-10-5-3-9(4-6-10)11-12-7-8-14-11/h3-8H,2H2,1H3. The minimum Gasteiger partial charge on any atom is -0.494 e. The number of oxazole rings is 1. The van der Waals surface area contributed by atoms with Gasteiger partial charge in [-0.05, 0) is 31.2 Å². The summed E-state index contributed by atoms with van der Waals surface area (Å²) in [7, 11) is 0. The Balaban J connectivity index is 2.22. The molecular weight excluding hydrogens is 178 g/mol. The van der Waals surface area contributed by atoms with E-state index in [4.69, 9.17) is 9.15 Å². The molecule has 0 aliphatic carbocycles. The van der Waals surface area contributed by atoms with Gasteiger partial charge in [-0.25, -0.2) is 4.98 Å². The van der Waals surface area contributed by atoms with Crippen molar-refractivity contribution in [2.75, 3.05) is 6.61 Å². The molecule has 1 aromatic heterocycles. The summed E-state index contributed by atoms with van der Waals surface area (Å²) < 4.78 is 10.5. The van der Waals surface area contributed by atoms with Crippen molar-refractivity contribution < 1.29 is 9.15 Å². The first-order valence-electron chi connectivity index (χ1n) is 4.53. The summed E-state index contributed by atoms with van der Waals surface area (Å²) in [6.45, 7) is 2.64. The number of hydrogen-bond donors (Lipinski definition) is 0. The molecular formula is C11H11NO2. The first kappa shape index (κ1) is 8.81. The molecule has 2 rings (SSSR count). The van der Waals surface area contributed by atoms with E-state index in [1.165, 1.54) is 0 Å². The van der Waals surface area contributed by atoms with E-state index in [1.807, 2.05) is 31.2 Å². The molecule has 0 aliphatic heterocycles. The van der Waals surface area contributed by atoms with Crippen LogP contribution in [0.25, 0.3) is 11.5 Å². The van der Waals surface area contributed by atoms with Gasteiger partial charge in [0.2, 0.25) is 5.89 Å². The molecule has 72 valence electrons. The second-order valence-corrected chi connectivity index (χ2v) is 2.79. The summed E-state index contributed by atoms with van der Waals surface area (Å²) in [4.78, 5) is 4.05. The molecule has 0 saturated heterocycles. The van der Waals surface area contributed by atoms with Crippen LogP contribution in [0.4, 0.5) is 0 Å². The van der Waals surface area contributed by atoms with Crippen LogP contribution in [0.1, 0.15) is 6.92 Å². The minimum atomic E-state index is 0.632. The Labute approximate surface area is 82.3 Å². The quantitative estimate of drug-likeness (QED) is 0.744. The SMILES string of the molecule is CCOc1ccc(-c2ncco2)cc1. The molecule has 0 aliphatic rings.